The highest BCUT2D eigenvalue weighted by Crippen LogP contribution is 2.38. The zero-order valence-electron chi connectivity index (χ0n) is 9.85. The van der Waals surface area contributed by atoms with Crippen molar-refractivity contribution in [3.05, 3.63) is 5.82 Å². The van der Waals surface area contributed by atoms with Gasteiger partial charge in [-0.2, -0.15) is 0 Å². The fraction of sp³-hybridized carbons (Fsp3) is 0.727. The van der Waals surface area contributed by atoms with Gasteiger partial charge in [-0.25, -0.2) is 0 Å². The molecule has 3 rings (SSSR count). The second-order valence-corrected chi connectivity index (χ2v) is 5.70. The molecule has 0 unspecified atom stereocenters. The molecule has 0 aromatic carbocycles. The summed E-state index contributed by atoms with van der Waals surface area (Å²) in [6.07, 6.45) is 4.68. The van der Waals surface area contributed by atoms with Gasteiger partial charge < -0.3 is 9.88 Å². The van der Waals surface area contributed by atoms with Crippen molar-refractivity contribution in [2.24, 2.45) is 0 Å². The van der Waals surface area contributed by atoms with Crippen LogP contribution < -0.4 is 5.32 Å². The molecular formula is C11H16N4OS. The van der Waals surface area contributed by atoms with E-state index in [0.29, 0.717) is 17.8 Å². The third-order valence-electron chi connectivity index (χ3n) is 3.02. The summed E-state index contributed by atoms with van der Waals surface area (Å²) in [6, 6.07) is 1.00. The molecule has 1 N–H and O–H groups in total. The second-order valence-electron chi connectivity index (χ2n) is 4.76. The van der Waals surface area contributed by atoms with Crippen LogP contribution in [0, 0.1) is 6.92 Å². The van der Waals surface area contributed by atoms with Crippen LogP contribution in [0.2, 0.25) is 0 Å². The molecule has 0 aliphatic heterocycles. The minimum Gasteiger partial charge on any atom is -0.353 e. The summed E-state index contributed by atoms with van der Waals surface area (Å²) in [5.74, 6) is 1.51. The molecule has 0 bridgehead atoms. The lowest BCUT2D eigenvalue weighted by atomic mass is 10.6. The summed E-state index contributed by atoms with van der Waals surface area (Å²) in [4.78, 5) is 11.6. The Morgan fingerprint density at radius 2 is 2.18 bits per heavy atom. The molecule has 0 spiro atoms. The van der Waals surface area contributed by atoms with Crippen LogP contribution in [-0.4, -0.2) is 32.5 Å². The zero-order chi connectivity index (χ0) is 11.8. The van der Waals surface area contributed by atoms with Crippen molar-refractivity contribution in [3.63, 3.8) is 0 Å². The molecule has 2 aliphatic rings. The first-order chi connectivity index (χ1) is 8.24. The van der Waals surface area contributed by atoms with Gasteiger partial charge in [-0.3, -0.25) is 4.79 Å². The lowest BCUT2D eigenvalue weighted by molar-refractivity contribution is -0.118. The largest absolute Gasteiger partial charge is 0.353 e. The molecule has 2 fully saturated rings. The van der Waals surface area contributed by atoms with Gasteiger partial charge >= 0.3 is 0 Å². The Hall–Kier alpha value is -1.04. The Kier molecular flexibility index (Phi) is 2.82. The van der Waals surface area contributed by atoms with Crippen molar-refractivity contribution in [3.8, 4) is 0 Å². The Balaban J connectivity index is 1.58. The van der Waals surface area contributed by atoms with Crippen LogP contribution in [0.15, 0.2) is 5.16 Å². The van der Waals surface area contributed by atoms with Crippen LogP contribution in [-0.2, 0) is 4.79 Å². The van der Waals surface area contributed by atoms with Crippen LogP contribution in [0.3, 0.4) is 0 Å². The van der Waals surface area contributed by atoms with Crippen molar-refractivity contribution in [2.75, 3.05) is 5.75 Å². The second kappa shape index (κ2) is 4.33. The van der Waals surface area contributed by atoms with Crippen LogP contribution in [0.1, 0.15) is 37.5 Å². The van der Waals surface area contributed by atoms with Gasteiger partial charge in [-0.05, 0) is 32.6 Å². The smallest absolute Gasteiger partial charge is 0.230 e. The summed E-state index contributed by atoms with van der Waals surface area (Å²) in [5, 5.41) is 12.1. The van der Waals surface area contributed by atoms with Gasteiger partial charge in [-0.15, -0.1) is 10.2 Å². The number of thioether (sulfide) groups is 1. The number of rotatable bonds is 5. The lowest BCUT2D eigenvalue weighted by Gasteiger charge is -2.06. The van der Waals surface area contributed by atoms with E-state index >= 15 is 0 Å². The maximum absolute atomic E-state index is 11.6. The molecule has 1 amide bonds. The summed E-state index contributed by atoms with van der Waals surface area (Å²) in [5.41, 5.74) is 0. The monoisotopic (exact) mass is 252 g/mol. The van der Waals surface area contributed by atoms with E-state index < -0.39 is 0 Å². The molecule has 0 atom stereocenters. The minimum atomic E-state index is 0.112. The van der Waals surface area contributed by atoms with E-state index in [-0.39, 0.29) is 5.91 Å². The molecule has 0 radical (unpaired) electrons. The number of aryl methyl sites for hydroxylation is 1. The SMILES string of the molecule is Cc1nnc(SCC(=O)NC2CC2)n1C1CC1. The summed E-state index contributed by atoms with van der Waals surface area (Å²) in [7, 11) is 0. The Morgan fingerprint density at radius 3 is 2.82 bits per heavy atom. The average molecular weight is 252 g/mol. The molecule has 1 aromatic heterocycles. The fourth-order valence-corrected chi connectivity index (χ4v) is 2.69. The van der Waals surface area contributed by atoms with E-state index in [1.54, 1.807) is 0 Å². The number of carbonyl (C=O) groups is 1. The Labute approximate surface area is 104 Å². The van der Waals surface area contributed by atoms with Gasteiger partial charge in [0, 0.05) is 12.1 Å². The molecule has 1 heterocycles. The number of amides is 1. The van der Waals surface area contributed by atoms with Gasteiger partial charge in [0.25, 0.3) is 0 Å². The quantitative estimate of drug-likeness (QED) is 0.802. The number of hydrogen-bond donors (Lipinski definition) is 1. The predicted octanol–water partition coefficient (Wildman–Crippen LogP) is 1.29. The highest BCUT2D eigenvalue weighted by atomic mass is 32.2. The number of hydrogen-bond acceptors (Lipinski definition) is 4. The Bertz CT molecular complexity index is 437. The highest BCUT2D eigenvalue weighted by Gasteiger charge is 2.29. The summed E-state index contributed by atoms with van der Waals surface area (Å²) in [6.45, 7) is 1.97. The molecular weight excluding hydrogens is 236 g/mol. The maximum Gasteiger partial charge on any atom is 0.230 e. The molecule has 2 aliphatic carbocycles. The average Bonchev–Trinajstić information content (AvgIpc) is 3.19. The van der Waals surface area contributed by atoms with Crippen molar-refractivity contribution in [1.29, 1.82) is 0 Å². The zero-order valence-corrected chi connectivity index (χ0v) is 10.7. The van der Waals surface area contributed by atoms with Crippen LogP contribution >= 0.6 is 11.8 Å². The summed E-state index contributed by atoms with van der Waals surface area (Å²) >= 11 is 1.49. The molecule has 2 saturated carbocycles. The van der Waals surface area contributed by atoms with Crippen LogP contribution in [0.4, 0.5) is 0 Å². The first-order valence-corrected chi connectivity index (χ1v) is 7.06. The lowest BCUT2D eigenvalue weighted by Crippen LogP contribution is -2.27. The molecule has 17 heavy (non-hydrogen) atoms. The third-order valence-corrected chi connectivity index (χ3v) is 3.96. The van der Waals surface area contributed by atoms with E-state index in [1.165, 1.54) is 24.6 Å². The van der Waals surface area contributed by atoms with E-state index in [9.17, 15) is 4.79 Å². The molecule has 92 valence electrons. The number of carbonyl (C=O) groups excluding carboxylic acids is 1. The first kappa shape index (κ1) is 11.1. The summed E-state index contributed by atoms with van der Waals surface area (Å²) < 4.78 is 2.16. The van der Waals surface area contributed by atoms with Crippen LogP contribution in [0.25, 0.3) is 0 Å². The van der Waals surface area contributed by atoms with Crippen molar-refractivity contribution < 1.29 is 4.79 Å². The standard InChI is InChI=1S/C11H16N4OS/c1-7-13-14-11(15(7)9-4-5-9)17-6-10(16)12-8-2-3-8/h8-9H,2-6H2,1H3,(H,12,16). The van der Waals surface area contributed by atoms with Gasteiger partial charge in [0.05, 0.1) is 5.75 Å². The number of nitrogens with zero attached hydrogens (tertiary/aromatic N) is 3. The van der Waals surface area contributed by atoms with Crippen LogP contribution in [0.5, 0.6) is 0 Å². The number of nitrogens with one attached hydrogen (secondary N) is 1. The van der Waals surface area contributed by atoms with Gasteiger partial charge in [0.2, 0.25) is 5.91 Å². The molecule has 0 saturated heterocycles. The minimum absolute atomic E-state index is 0.112. The topological polar surface area (TPSA) is 59.8 Å². The maximum atomic E-state index is 11.6. The highest BCUT2D eigenvalue weighted by molar-refractivity contribution is 7.99. The predicted molar refractivity (Wildman–Crippen MR) is 64.9 cm³/mol. The van der Waals surface area contributed by atoms with Gasteiger partial charge in [0.1, 0.15) is 5.82 Å². The van der Waals surface area contributed by atoms with Crippen molar-refractivity contribution in [2.45, 2.75) is 49.8 Å². The van der Waals surface area contributed by atoms with E-state index in [4.69, 9.17) is 0 Å². The number of aromatic nitrogens is 3. The van der Waals surface area contributed by atoms with Gasteiger partial charge in [0.15, 0.2) is 5.16 Å². The molecule has 6 heteroatoms. The van der Waals surface area contributed by atoms with E-state index in [0.717, 1.165) is 23.8 Å². The van der Waals surface area contributed by atoms with E-state index in [2.05, 4.69) is 20.1 Å². The molecule has 5 nitrogen and oxygen atoms in total. The fourth-order valence-electron chi connectivity index (χ4n) is 1.83. The van der Waals surface area contributed by atoms with Crippen molar-refractivity contribution in [1.82, 2.24) is 20.1 Å². The Morgan fingerprint density at radius 1 is 1.41 bits per heavy atom. The first-order valence-electron chi connectivity index (χ1n) is 6.07. The normalized spacial score (nSPS) is 19.4. The van der Waals surface area contributed by atoms with Gasteiger partial charge in [-0.1, -0.05) is 11.8 Å². The third kappa shape index (κ3) is 2.62. The molecule has 1 aromatic rings. The van der Waals surface area contributed by atoms with E-state index in [1.807, 2.05) is 6.92 Å². The van der Waals surface area contributed by atoms with Crippen molar-refractivity contribution >= 4 is 17.7 Å².